The number of carbonyl (C=O) groups is 2. The number of hydrogen-bond acceptors (Lipinski definition) is 5. The molecule has 1 saturated heterocycles. The number of carbonyl (C=O) groups excluding carboxylic acids is 2. The van der Waals surface area contributed by atoms with E-state index in [9.17, 15) is 9.59 Å². The molecule has 1 heterocycles. The Morgan fingerprint density at radius 1 is 1.03 bits per heavy atom. The van der Waals surface area contributed by atoms with Crippen LogP contribution in [0.2, 0.25) is 0 Å². The van der Waals surface area contributed by atoms with Gasteiger partial charge in [-0.05, 0) is 62.7 Å². The third-order valence-electron chi connectivity index (χ3n) is 5.27. The fraction of sp³-hybridized carbons (Fsp3) is 0.417. The summed E-state index contributed by atoms with van der Waals surface area (Å²) in [7, 11) is 1.55. The van der Waals surface area contributed by atoms with E-state index in [2.05, 4.69) is 22.5 Å². The third-order valence-corrected chi connectivity index (χ3v) is 5.27. The molecule has 31 heavy (non-hydrogen) atoms. The minimum atomic E-state index is -0.296. The van der Waals surface area contributed by atoms with Gasteiger partial charge in [0.25, 0.3) is 5.91 Å². The lowest BCUT2D eigenvalue weighted by molar-refractivity contribution is -0.122. The average Bonchev–Trinajstić information content (AvgIpc) is 2.78. The Morgan fingerprint density at radius 2 is 1.77 bits per heavy atom. The van der Waals surface area contributed by atoms with E-state index in [0.29, 0.717) is 22.9 Å². The van der Waals surface area contributed by atoms with Crippen molar-refractivity contribution in [3.63, 3.8) is 0 Å². The van der Waals surface area contributed by atoms with Crippen LogP contribution >= 0.6 is 0 Å². The van der Waals surface area contributed by atoms with Crippen molar-refractivity contribution in [3.05, 3.63) is 48.5 Å². The van der Waals surface area contributed by atoms with Gasteiger partial charge in [0, 0.05) is 11.4 Å². The van der Waals surface area contributed by atoms with Crippen LogP contribution in [0, 0.1) is 0 Å². The summed E-state index contributed by atoms with van der Waals surface area (Å²) >= 11 is 0. The van der Waals surface area contributed by atoms with E-state index in [4.69, 9.17) is 9.47 Å². The molecule has 7 nitrogen and oxygen atoms in total. The molecule has 1 aliphatic rings. The molecule has 2 aromatic carbocycles. The van der Waals surface area contributed by atoms with Crippen LogP contribution < -0.4 is 20.1 Å². The van der Waals surface area contributed by atoms with Crippen LogP contribution in [-0.4, -0.2) is 49.6 Å². The molecule has 1 aliphatic heterocycles. The summed E-state index contributed by atoms with van der Waals surface area (Å²) in [5.74, 6) is 0.789. The molecule has 3 rings (SSSR count). The zero-order valence-electron chi connectivity index (χ0n) is 18.2. The van der Waals surface area contributed by atoms with Crippen molar-refractivity contribution in [1.82, 2.24) is 4.90 Å². The highest BCUT2D eigenvalue weighted by atomic mass is 16.5. The monoisotopic (exact) mass is 425 g/mol. The zero-order valence-corrected chi connectivity index (χ0v) is 18.2. The Morgan fingerprint density at radius 3 is 2.52 bits per heavy atom. The highest BCUT2D eigenvalue weighted by Gasteiger charge is 2.28. The second kappa shape index (κ2) is 11.4. The van der Waals surface area contributed by atoms with Crippen molar-refractivity contribution >= 4 is 23.2 Å². The van der Waals surface area contributed by atoms with E-state index in [1.54, 1.807) is 37.4 Å². The Balaban J connectivity index is 1.55. The number of nitrogens with one attached hydrogen (secondary N) is 2. The van der Waals surface area contributed by atoms with Crippen molar-refractivity contribution < 1.29 is 19.1 Å². The standard InChI is InChI=1S/C24H31N3O4/c1-3-14-27-15-7-6-11-20(27)24(29)26-19-10-8-9-18(16-19)25-23(28)17-31-22-13-5-4-12-21(22)30-2/h4-5,8-10,12-13,16,20H,3,6-7,11,14-15,17H2,1-2H3,(H,25,28)(H,26,29). The molecular formula is C24H31N3O4. The van der Waals surface area contributed by atoms with Gasteiger partial charge in [0.1, 0.15) is 0 Å². The van der Waals surface area contributed by atoms with E-state index in [1.165, 1.54) is 0 Å². The van der Waals surface area contributed by atoms with Gasteiger partial charge in [0.05, 0.1) is 13.2 Å². The summed E-state index contributed by atoms with van der Waals surface area (Å²) in [6.45, 7) is 3.88. The summed E-state index contributed by atoms with van der Waals surface area (Å²) < 4.78 is 10.8. The first-order chi connectivity index (χ1) is 15.1. The van der Waals surface area contributed by atoms with Crippen molar-refractivity contribution in [2.75, 3.05) is 37.4 Å². The minimum Gasteiger partial charge on any atom is -0.493 e. The number of anilines is 2. The van der Waals surface area contributed by atoms with Gasteiger partial charge in [-0.2, -0.15) is 0 Å². The summed E-state index contributed by atoms with van der Waals surface area (Å²) in [5, 5.41) is 5.81. The zero-order chi connectivity index (χ0) is 22.1. The van der Waals surface area contributed by atoms with Crippen LogP contribution in [0.3, 0.4) is 0 Å². The lowest BCUT2D eigenvalue weighted by Gasteiger charge is -2.34. The first-order valence-electron chi connectivity index (χ1n) is 10.8. The second-order valence-electron chi connectivity index (χ2n) is 7.61. The number of likely N-dealkylation sites (tertiary alicyclic amines) is 1. The third kappa shape index (κ3) is 6.46. The van der Waals surface area contributed by atoms with Gasteiger partial charge in [0.2, 0.25) is 5.91 Å². The SMILES string of the molecule is CCCN1CCCCC1C(=O)Nc1cccc(NC(=O)COc2ccccc2OC)c1. The fourth-order valence-corrected chi connectivity index (χ4v) is 3.82. The largest absolute Gasteiger partial charge is 0.493 e. The summed E-state index contributed by atoms with van der Waals surface area (Å²) in [4.78, 5) is 27.4. The van der Waals surface area contributed by atoms with Crippen molar-refractivity contribution in [3.8, 4) is 11.5 Å². The number of hydrogen-bond donors (Lipinski definition) is 2. The number of piperidine rings is 1. The van der Waals surface area contributed by atoms with E-state index in [0.717, 1.165) is 38.8 Å². The molecule has 0 radical (unpaired) electrons. The molecule has 0 saturated carbocycles. The molecule has 1 fully saturated rings. The molecule has 0 spiro atoms. The number of benzene rings is 2. The number of amides is 2. The van der Waals surface area contributed by atoms with Crippen molar-refractivity contribution in [2.45, 2.75) is 38.6 Å². The molecule has 2 amide bonds. The van der Waals surface area contributed by atoms with Gasteiger partial charge < -0.3 is 20.1 Å². The quantitative estimate of drug-likeness (QED) is 0.637. The summed E-state index contributed by atoms with van der Waals surface area (Å²) in [5.41, 5.74) is 1.26. The number of para-hydroxylation sites is 2. The maximum Gasteiger partial charge on any atom is 0.262 e. The molecule has 0 aliphatic carbocycles. The Bertz CT molecular complexity index is 885. The maximum absolute atomic E-state index is 12.8. The van der Waals surface area contributed by atoms with Gasteiger partial charge in [-0.3, -0.25) is 14.5 Å². The predicted octanol–water partition coefficient (Wildman–Crippen LogP) is 3.92. The smallest absolute Gasteiger partial charge is 0.262 e. The van der Waals surface area contributed by atoms with E-state index < -0.39 is 0 Å². The molecule has 0 bridgehead atoms. The van der Waals surface area contributed by atoms with Crippen LogP contribution in [0.15, 0.2) is 48.5 Å². The molecular weight excluding hydrogens is 394 g/mol. The highest BCUT2D eigenvalue weighted by molar-refractivity contribution is 5.96. The van der Waals surface area contributed by atoms with Gasteiger partial charge >= 0.3 is 0 Å². The Hall–Kier alpha value is -3.06. The maximum atomic E-state index is 12.8. The van der Waals surface area contributed by atoms with E-state index >= 15 is 0 Å². The molecule has 2 aromatic rings. The number of rotatable bonds is 9. The minimum absolute atomic E-state index is 0.0103. The Kier molecular flexibility index (Phi) is 8.29. The van der Waals surface area contributed by atoms with Gasteiger partial charge in [-0.25, -0.2) is 0 Å². The number of nitrogens with zero attached hydrogens (tertiary/aromatic N) is 1. The molecule has 1 atom stereocenters. The lowest BCUT2D eigenvalue weighted by atomic mass is 10.0. The number of ether oxygens (including phenoxy) is 2. The average molecular weight is 426 g/mol. The predicted molar refractivity (Wildman–Crippen MR) is 122 cm³/mol. The lowest BCUT2D eigenvalue weighted by Crippen LogP contribution is -2.47. The topological polar surface area (TPSA) is 79.9 Å². The van der Waals surface area contributed by atoms with Crippen LogP contribution in [0.25, 0.3) is 0 Å². The molecule has 2 N–H and O–H groups in total. The highest BCUT2D eigenvalue weighted by Crippen LogP contribution is 2.26. The molecule has 7 heteroatoms. The summed E-state index contributed by atoms with van der Waals surface area (Å²) in [6.07, 6.45) is 4.12. The molecule has 166 valence electrons. The van der Waals surface area contributed by atoms with Crippen molar-refractivity contribution in [2.24, 2.45) is 0 Å². The molecule has 1 unspecified atom stereocenters. The van der Waals surface area contributed by atoms with E-state index in [-0.39, 0.29) is 24.5 Å². The normalized spacial score (nSPS) is 16.4. The Labute approximate surface area is 183 Å². The summed E-state index contributed by atoms with van der Waals surface area (Å²) in [6, 6.07) is 14.2. The van der Waals surface area contributed by atoms with Gasteiger partial charge in [0.15, 0.2) is 18.1 Å². The van der Waals surface area contributed by atoms with Gasteiger partial charge in [-0.1, -0.05) is 31.5 Å². The van der Waals surface area contributed by atoms with Crippen LogP contribution in [0.5, 0.6) is 11.5 Å². The first kappa shape index (κ1) is 22.6. The fourth-order valence-electron chi connectivity index (χ4n) is 3.82. The van der Waals surface area contributed by atoms with E-state index in [1.807, 2.05) is 18.2 Å². The van der Waals surface area contributed by atoms with Crippen molar-refractivity contribution in [1.29, 1.82) is 0 Å². The first-order valence-corrected chi connectivity index (χ1v) is 10.8. The molecule has 0 aromatic heterocycles. The van der Waals surface area contributed by atoms with Crippen LogP contribution in [0.1, 0.15) is 32.6 Å². The van der Waals surface area contributed by atoms with Gasteiger partial charge in [-0.15, -0.1) is 0 Å². The van der Waals surface area contributed by atoms with Crippen LogP contribution in [0.4, 0.5) is 11.4 Å². The van der Waals surface area contributed by atoms with Crippen LogP contribution in [-0.2, 0) is 9.59 Å². The number of methoxy groups -OCH3 is 1. The second-order valence-corrected chi connectivity index (χ2v) is 7.61.